The highest BCUT2D eigenvalue weighted by Crippen LogP contribution is 2.13. The fourth-order valence-corrected chi connectivity index (χ4v) is 0.706. The predicted octanol–water partition coefficient (Wildman–Crippen LogP) is 2.92. The van der Waals surface area contributed by atoms with Crippen LogP contribution in [0.25, 0.3) is 0 Å². The van der Waals surface area contributed by atoms with Crippen LogP contribution in [0.2, 0.25) is 0 Å². The average molecular weight is 176 g/mol. The summed E-state index contributed by atoms with van der Waals surface area (Å²) in [6, 6.07) is 0. The highest BCUT2D eigenvalue weighted by atomic mass is 19.3. The molecule has 0 N–H and O–H groups in total. The molecule has 4 heteroatoms. The van der Waals surface area contributed by atoms with Crippen LogP contribution in [-0.2, 0) is 0 Å². The Bertz CT molecular complexity index is 231. The fourth-order valence-electron chi connectivity index (χ4n) is 0.706. The lowest BCUT2D eigenvalue weighted by molar-refractivity contribution is 0.0543. The van der Waals surface area contributed by atoms with Crippen LogP contribution in [0, 0.1) is 13.8 Å². The summed E-state index contributed by atoms with van der Waals surface area (Å²) >= 11 is 0. The minimum atomic E-state index is -2.52. The third kappa shape index (κ3) is 2.29. The summed E-state index contributed by atoms with van der Waals surface area (Å²) < 4.78 is 24.6. The van der Waals surface area contributed by atoms with Gasteiger partial charge in [0.15, 0.2) is 0 Å². The van der Waals surface area contributed by atoms with Gasteiger partial charge in [0.1, 0.15) is 0 Å². The van der Waals surface area contributed by atoms with Gasteiger partial charge in [-0.25, -0.2) is 4.68 Å². The highest BCUT2D eigenvalue weighted by molar-refractivity contribution is 5.13. The van der Waals surface area contributed by atoms with Gasteiger partial charge in [0.25, 0.3) is 0 Å². The van der Waals surface area contributed by atoms with Gasteiger partial charge < -0.3 is 0 Å². The number of halogens is 2. The summed E-state index contributed by atoms with van der Waals surface area (Å²) in [7, 11) is 0. The SMILES string of the molecule is CC.Cc1cnn(C(F)F)c1C. The third-order valence-corrected chi connectivity index (χ3v) is 1.48. The Morgan fingerprint density at radius 3 is 2.00 bits per heavy atom. The molecule has 0 radical (unpaired) electrons. The summed E-state index contributed by atoms with van der Waals surface area (Å²) in [6.45, 7) is 4.85. The number of alkyl halides is 2. The second-order valence-electron chi connectivity index (χ2n) is 2.14. The van der Waals surface area contributed by atoms with Gasteiger partial charge in [0.2, 0.25) is 0 Å². The fraction of sp³-hybridized carbons (Fsp3) is 0.625. The molecule has 0 saturated heterocycles. The van der Waals surface area contributed by atoms with E-state index in [4.69, 9.17) is 0 Å². The molecule has 1 heterocycles. The molecule has 0 aliphatic heterocycles. The van der Waals surface area contributed by atoms with Crippen molar-refractivity contribution in [1.29, 1.82) is 0 Å². The molecule has 0 aliphatic carbocycles. The molecule has 0 aromatic carbocycles. The first kappa shape index (κ1) is 11.1. The van der Waals surface area contributed by atoms with Gasteiger partial charge in [-0.2, -0.15) is 13.9 Å². The van der Waals surface area contributed by atoms with E-state index in [1.54, 1.807) is 13.8 Å². The lowest BCUT2D eigenvalue weighted by Gasteiger charge is -2.00. The van der Waals surface area contributed by atoms with E-state index in [0.717, 1.165) is 5.56 Å². The molecule has 0 saturated carbocycles. The number of rotatable bonds is 1. The molecule has 0 bridgehead atoms. The van der Waals surface area contributed by atoms with E-state index in [2.05, 4.69) is 5.10 Å². The molecule has 1 rings (SSSR count). The van der Waals surface area contributed by atoms with E-state index >= 15 is 0 Å². The topological polar surface area (TPSA) is 17.8 Å². The Morgan fingerprint density at radius 2 is 1.83 bits per heavy atom. The van der Waals surface area contributed by atoms with Crippen LogP contribution in [0.15, 0.2) is 6.20 Å². The number of nitrogens with zero attached hydrogens (tertiary/aromatic N) is 2. The summed E-state index contributed by atoms with van der Waals surface area (Å²) in [4.78, 5) is 0. The van der Waals surface area contributed by atoms with Crippen LogP contribution >= 0.6 is 0 Å². The summed E-state index contributed by atoms with van der Waals surface area (Å²) in [5, 5.41) is 3.48. The van der Waals surface area contributed by atoms with E-state index in [1.807, 2.05) is 13.8 Å². The Labute approximate surface area is 71.2 Å². The van der Waals surface area contributed by atoms with Gasteiger partial charge in [0.05, 0.1) is 6.20 Å². The number of hydrogen-bond donors (Lipinski definition) is 0. The molecule has 1 aromatic rings. The number of aryl methyl sites for hydroxylation is 1. The van der Waals surface area contributed by atoms with E-state index in [1.165, 1.54) is 6.20 Å². The van der Waals surface area contributed by atoms with E-state index in [9.17, 15) is 8.78 Å². The Kier molecular flexibility index (Phi) is 4.47. The van der Waals surface area contributed by atoms with Crippen molar-refractivity contribution in [1.82, 2.24) is 9.78 Å². The maximum atomic E-state index is 11.9. The largest absolute Gasteiger partial charge is 0.333 e. The van der Waals surface area contributed by atoms with Crippen molar-refractivity contribution >= 4 is 0 Å². The average Bonchev–Trinajstić information content (AvgIpc) is 2.37. The Morgan fingerprint density at radius 1 is 1.33 bits per heavy atom. The first-order valence-corrected chi connectivity index (χ1v) is 3.92. The smallest absolute Gasteiger partial charge is 0.209 e. The lowest BCUT2D eigenvalue weighted by atomic mass is 10.3. The molecule has 0 spiro atoms. The van der Waals surface area contributed by atoms with Crippen LogP contribution in [0.5, 0.6) is 0 Å². The highest BCUT2D eigenvalue weighted by Gasteiger charge is 2.09. The molecule has 0 atom stereocenters. The van der Waals surface area contributed by atoms with Gasteiger partial charge in [0, 0.05) is 5.69 Å². The van der Waals surface area contributed by atoms with Gasteiger partial charge >= 0.3 is 6.55 Å². The van der Waals surface area contributed by atoms with Crippen molar-refractivity contribution in [3.05, 3.63) is 17.5 Å². The second kappa shape index (κ2) is 4.85. The van der Waals surface area contributed by atoms with Crippen molar-refractivity contribution in [2.75, 3.05) is 0 Å². The molecule has 70 valence electrons. The Balaban J connectivity index is 0.000000561. The standard InChI is InChI=1S/C6H8F2N2.C2H6/c1-4-3-9-10(5(4)2)6(7)8;1-2/h3,6H,1-2H3;1-2H3. The van der Waals surface area contributed by atoms with Crippen molar-refractivity contribution < 1.29 is 8.78 Å². The van der Waals surface area contributed by atoms with E-state index in [-0.39, 0.29) is 0 Å². The molecule has 0 unspecified atom stereocenters. The third-order valence-electron chi connectivity index (χ3n) is 1.48. The molecule has 0 amide bonds. The van der Waals surface area contributed by atoms with Crippen LogP contribution in [0.4, 0.5) is 8.78 Å². The first-order chi connectivity index (χ1) is 5.63. The zero-order chi connectivity index (χ0) is 9.72. The number of hydrogen-bond acceptors (Lipinski definition) is 1. The molecular formula is C8H14F2N2. The van der Waals surface area contributed by atoms with Gasteiger partial charge in [-0.1, -0.05) is 13.8 Å². The van der Waals surface area contributed by atoms with Gasteiger partial charge in [-0.3, -0.25) is 0 Å². The Hall–Kier alpha value is -0.930. The van der Waals surface area contributed by atoms with Crippen molar-refractivity contribution in [3.8, 4) is 0 Å². The molecular weight excluding hydrogens is 162 g/mol. The minimum Gasteiger partial charge on any atom is -0.209 e. The van der Waals surface area contributed by atoms with Gasteiger partial charge in [-0.05, 0) is 19.4 Å². The van der Waals surface area contributed by atoms with E-state index < -0.39 is 6.55 Å². The summed E-state index contributed by atoms with van der Waals surface area (Å²) in [5.41, 5.74) is 1.32. The molecule has 12 heavy (non-hydrogen) atoms. The summed E-state index contributed by atoms with van der Waals surface area (Å²) in [6.07, 6.45) is 1.43. The molecule has 0 fully saturated rings. The maximum Gasteiger partial charge on any atom is 0.333 e. The van der Waals surface area contributed by atoms with Crippen LogP contribution in [-0.4, -0.2) is 9.78 Å². The van der Waals surface area contributed by atoms with Crippen molar-refractivity contribution in [3.63, 3.8) is 0 Å². The molecule has 1 aromatic heterocycles. The maximum absolute atomic E-state index is 11.9. The van der Waals surface area contributed by atoms with Crippen LogP contribution < -0.4 is 0 Å². The predicted molar refractivity (Wildman–Crippen MR) is 44.3 cm³/mol. The molecule has 2 nitrogen and oxygen atoms in total. The first-order valence-electron chi connectivity index (χ1n) is 3.92. The zero-order valence-electron chi connectivity index (χ0n) is 7.81. The summed E-state index contributed by atoms with van der Waals surface area (Å²) in [5.74, 6) is 0. The second-order valence-corrected chi connectivity index (χ2v) is 2.14. The number of aromatic nitrogens is 2. The lowest BCUT2D eigenvalue weighted by Crippen LogP contribution is -2.01. The minimum absolute atomic E-state index is 0.523. The van der Waals surface area contributed by atoms with Gasteiger partial charge in [-0.15, -0.1) is 0 Å². The monoisotopic (exact) mass is 176 g/mol. The quantitative estimate of drug-likeness (QED) is 0.643. The zero-order valence-corrected chi connectivity index (χ0v) is 7.81. The molecule has 0 aliphatic rings. The normalized spacial score (nSPS) is 9.58. The van der Waals surface area contributed by atoms with E-state index in [0.29, 0.717) is 10.4 Å². The van der Waals surface area contributed by atoms with Crippen LogP contribution in [0.3, 0.4) is 0 Å². The van der Waals surface area contributed by atoms with Crippen molar-refractivity contribution in [2.45, 2.75) is 34.2 Å². The van der Waals surface area contributed by atoms with Crippen LogP contribution in [0.1, 0.15) is 31.7 Å². The van der Waals surface area contributed by atoms with Crippen molar-refractivity contribution in [2.24, 2.45) is 0 Å².